The molecule has 0 aromatic carbocycles. The SMILES string of the molecule is CC(C)N1CCN(C[C@H]2CCN(C)C2)CC1. The highest BCUT2D eigenvalue weighted by molar-refractivity contribution is 4.80. The van der Waals surface area contributed by atoms with Crippen molar-refractivity contribution in [2.45, 2.75) is 26.3 Å². The van der Waals surface area contributed by atoms with Gasteiger partial charge in [-0.05, 0) is 39.8 Å². The Morgan fingerprint density at radius 3 is 2.25 bits per heavy atom. The molecule has 0 spiro atoms. The first-order valence-corrected chi connectivity index (χ1v) is 6.80. The predicted octanol–water partition coefficient (Wildman–Crippen LogP) is 0.964. The number of piperazine rings is 1. The third-order valence-electron chi connectivity index (χ3n) is 4.14. The van der Waals surface area contributed by atoms with Crippen LogP contribution in [0.4, 0.5) is 0 Å². The minimum absolute atomic E-state index is 0.722. The zero-order chi connectivity index (χ0) is 11.5. The van der Waals surface area contributed by atoms with Gasteiger partial charge in [0.1, 0.15) is 0 Å². The summed E-state index contributed by atoms with van der Waals surface area (Å²) in [5.74, 6) is 0.926. The lowest BCUT2D eigenvalue weighted by Gasteiger charge is -2.37. The molecule has 2 aliphatic rings. The van der Waals surface area contributed by atoms with E-state index >= 15 is 0 Å². The van der Waals surface area contributed by atoms with E-state index in [0.29, 0.717) is 0 Å². The average Bonchev–Trinajstić information content (AvgIpc) is 2.65. The summed E-state index contributed by atoms with van der Waals surface area (Å²) in [7, 11) is 2.25. The molecule has 2 aliphatic heterocycles. The van der Waals surface area contributed by atoms with Crippen LogP contribution in [0, 0.1) is 5.92 Å². The Bertz CT molecular complexity index is 209. The van der Waals surface area contributed by atoms with Gasteiger partial charge in [0, 0.05) is 45.3 Å². The van der Waals surface area contributed by atoms with Crippen molar-refractivity contribution in [3.05, 3.63) is 0 Å². The summed E-state index contributed by atoms with van der Waals surface area (Å²) in [6.07, 6.45) is 1.40. The van der Waals surface area contributed by atoms with Crippen molar-refractivity contribution in [2.75, 3.05) is 52.9 Å². The molecule has 2 fully saturated rings. The molecule has 0 aliphatic carbocycles. The number of hydrogen-bond donors (Lipinski definition) is 0. The van der Waals surface area contributed by atoms with E-state index in [4.69, 9.17) is 0 Å². The predicted molar refractivity (Wildman–Crippen MR) is 68.8 cm³/mol. The second-order valence-electron chi connectivity index (χ2n) is 5.85. The highest BCUT2D eigenvalue weighted by Gasteiger charge is 2.24. The van der Waals surface area contributed by atoms with Crippen LogP contribution in [-0.2, 0) is 0 Å². The maximum absolute atomic E-state index is 2.67. The van der Waals surface area contributed by atoms with Crippen molar-refractivity contribution in [1.29, 1.82) is 0 Å². The summed E-state index contributed by atoms with van der Waals surface area (Å²) in [5.41, 5.74) is 0. The van der Waals surface area contributed by atoms with Crippen molar-refractivity contribution in [3.8, 4) is 0 Å². The van der Waals surface area contributed by atoms with Crippen LogP contribution in [0.1, 0.15) is 20.3 Å². The maximum Gasteiger partial charge on any atom is 0.0113 e. The van der Waals surface area contributed by atoms with E-state index < -0.39 is 0 Å². The van der Waals surface area contributed by atoms with Crippen LogP contribution in [0.3, 0.4) is 0 Å². The second-order valence-corrected chi connectivity index (χ2v) is 5.85. The van der Waals surface area contributed by atoms with E-state index in [1.54, 1.807) is 0 Å². The molecule has 2 rings (SSSR count). The number of rotatable bonds is 3. The molecule has 16 heavy (non-hydrogen) atoms. The van der Waals surface area contributed by atoms with Crippen molar-refractivity contribution < 1.29 is 0 Å². The zero-order valence-electron chi connectivity index (χ0n) is 11.2. The molecule has 0 amide bonds. The quantitative estimate of drug-likeness (QED) is 0.708. The first-order chi connectivity index (χ1) is 7.65. The normalized spacial score (nSPS) is 30.4. The van der Waals surface area contributed by atoms with Gasteiger partial charge in [0.25, 0.3) is 0 Å². The van der Waals surface area contributed by atoms with Gasteiger partial charge in [-0.2, -0.15) is 0 Å². The van der Waals surface area contributed by atoms with Gasteiger partial charge in [-0.1, -0.05) is 0 Å². The molecule has 0 unspecified atom stereocenters. The van der Waals surface area contributed by atoms with Crippen molar-refractivity contribution in [1.82, 2.24) is 14.7 Å². The lowest BCUT2D eigenvalue weighted by atomic mass is 10.1. The van der Waals surface area contributed by atoms with Gasteiger partial charge in [0.2, 0.25) is 0 Å². The fourth-order valence-electron chi connectivity index (χ4n) is 3.00. The van der Waals surface area contributed by atoms with Gasteiger partial charge in [0.15, 0.2) is 0 Å². The Morgan fingerprint density at radius 2 is 1.75 bits per heavy atom. The first kappa shape index (κ1) is 12.3. The van der Waals surface area contributed by atoms with Crippen LogP contribution in [0.25, 0.3) is 0 Å². The third kappa shape index (κ3) is 3.19. The molecule has 2 saturated heterocycles. The van der Waals surface area contributed by atoms with Crippen LogP contribution in [-0.4, -0.2) is 73.6 Å². The van der Waals surface area contributed by atoms with Crippen LogP contribution in [0.15, 0.2) is 0 Å². The molecular formula is C13H27N3. The summed E-state index contributed by atoms with van der Waals surface area (Å²) in [5, 5.41) is 0. The van der Waals surface area contributed by atoms with Crippen LogP contribution < -0.4 is 0 Å². The lowest BCUT2D eigenvalue weighted by Crippen LogP contribution is -2.50. The molecule has 0 N–H and O–H groups in total. The van der Waals surface area contributed by atoms with Crippen LogP contribution >= 0.6 is 0 Å². The maximum atomic E-state index is 2.67. The van der Waals surface area contributed by atoms with E-state index in [2.05, 4.69) is 35.6 Å². The van der Waals surface area contributed by atoms with Gasteiger partial charge < -0.3 is 9.80 Å². The Kier molecular flexibility index (Phi) is 4.22. The lowest BCUT2D eigenvalue weighted by molar-refractivity contribution is 0.0977. The van der Waals surface area contributed by atoms with Gasteiger partial charge in [-0.25, -0.2) is 0 Å². The minimum atomic E-state index is 0.722. The molecule has 2 heterocycles. The third-order valence-corrected chi connectivity index (χ3v) is 4.14. The van der Waals surface area contributed by atoms with E-state index in [1.807, 2.05) is 0 Å². The Morgan fingerprint density at radius 1 is 1.06 bits per heavy atom. The molecule has 3 heteroatoms. The Hall–Kier alpha value is -0.120. The van der Waals surface area contributed by atoms with E-state index in [9.17, 15) is 0 Å². The fourth-order valence-corrected chi connectivity index (χ4v) is 3.00. The van der Waals surface area contributed by atoms with Gasteiger partial charge in [0.05, 0.1) is 0 Å². The topological polar surface area (TPSA) is 9.72 Å². The minimum Gasteiger partial charge on any atom is -0.306 e. The average molecular weight is 225 g/mol. The summed E-state index contributed by atoms with van der Waals surface area (Å²) in [6.45, 7) is 13.6. The number of hydrogen-bond acceptors (Lipinski definition) is 3. The standard InChI is InChI=1S/C13H27N3/c1-12(2)16-8-6-15(7-9-16)11-13-4-5-14(3)10-13/h12-13H,4-11H2,1-3H3/t13-/m0/s1. The molecule has 3 nitrogen and oxygen atoms in total. The number of likely N-dealkylation sites (tertiary alicyclic amines) is 1. The van der Waals surface area contributed by atoms with Crippen molar-refractivity contribution in [3.63, 3.8) is 0 Å². The van der Waals surface area contributed by atoms with Crippen molar-refractivity contribution in [2.24, 2.45) is 5.92 Å². The summed E-state index contributed by atoms with van der Waals surface area (Å²) < 4.78 is 0. The molecule has 0 saturated carbocycles. The first-order valence-electron chi connectivity index (χ1n) is 6.80. The van der Waals surface area contributed by atoms with E-state index in [-0.39, 0.29) is 0 Å². The van der Waals surface area contributed by atoms with Crippen LogP contribution in [0.2, 0.25) is 0 Å². The summed E-state index contributed by atoms with van der Waals surface area (Å²) >= 11 is 0. The Labute approximate surface area is 100 Å². The van der Waals surface area contributed by atoms with E-state index in [0.717, 1.165) is 12.0 Å². The summed E-state index contributed by atoms with van der Waals surface area (Å²) in [4.78, 5) is 7.73. The summed E-state index contributed by atoms with van der Waals surface area (Å²) in [6, 6.07) is 0.722. The monoisotopic (exact) mass is 225 g/mol. The molecule has 94 valence electrons. The van der Waals surface area contributed by atoms with Crippen LogP contribution in [0.5, 0.6) is 0 Å². The molecule has 0 bridgehead atoms. The number of nitrogens with zero attached hydrogens (tertiary/aromatic N) is 3. The zero-order valence-corrected chi connectivity index (χ0v) is 11.2. The molecule has 0 radical (unpaired) electrons. The Balaban J connectivity index is 1.69. The van der Waals surface area contributed by atoms with Gasteiger partial charge in [-0.3, -0.25) is 4.90 Å². The van der Waals surface area contributed by atoms with Gasteiger partial charge in [-0.15, -0.1) is 0 Å². The fraction of sp³-hybridized carbons (Fsp3) is 1.00. The van der Waals surface area contributed by atoms with Gasteiger partial charge >= 0.3 is 0 Å². The van der Waals surface area contributed by atoms with E-state index in [1.165, 1.54) is 52.2 Å². The highest BCUT2D eigenvalue weighted by atomic mass is 15.3. The second kappa shape index (κ2) is 5.48. The molecular weight excluding hydrogens is 198 g/mol. The largest absolute Gasteiger partial charge is 0.306 e. The molecule has 0 aromatic rings. The smallest absolute Gasteiger partial charge is 0.0113 e. The van der Waals surface area contributed by atoms with Crippen molar-refractivity contribution >= 4 is 0 Å². The molecule has 1 atom stereocenters. The highest BCUT2D eigenvalue weighted by Crippen LogP contribution is 2.17. The molecule has 0 aromatic heterocycles.